The van der Waals surface area contributed by atoms with Gasteiger partial charge in [0.2, 0.25) is 10.0 Å². The molecule has 3 N–H and O–H groups in total. The fourth-order valence-corrected chi connectivity index (χ4v) is 1.97. The molecule has 0 aliphatic rings. The number of aromatic nitrogens is 2. The number of nitrogens with two attached hydrogens (primary N) is 1. The Balaban J connectivity index is 2.39. The minimum atomic E-state index is -3.81. The van der Waals surface area contributed by atoms with Crippen molar-refractivity contribution in [3.8, 4) is 0 Å². The molecule has 20 heavy (non-hydrogen) atoms. The van der Waals surface area contributed by atoms with Crippen molar-refractivity contribution in [1.82, 2.24) is 5.27 Å². The molecule has 106 valence electrons. The molecular weight excluding hydrogens is 288 g/mol. The number of rotatable bonds is 3. The Hall–Kier alpha value is -2.46. The molecule has 0 saturated heterocycles. The van der Waals surface area contributed by atoms with Gasteiger partial charge in [0.25, 0.3) is 0 Å². The van der Waals surface area contributed by atoms with Crippen molar-refractivity contribution in [1.29, 1.82) is 0 Å². The third-order valence-electron chi connectivity index (χ3n) is 2.40. The molecule has 2 rings (SSSR count). The van der Waals surface area contributed by atoms with Crippen LogP contribution in [-0.2, 0) is 17.1 Å². The average molecular weight is 298 g/mol. The lowest BCUT2D eigenvalue weighted by Gasteiger charge is -2.03. The van der Waals surface area contributed by atoms with Crippen LogP contribution in [0.4, 0.5) is 5.69 Å². The summed E-state index contributed by atoms with van der Waals surface area (Å²) < 4.78 is 27.6. The number of nitrogens with zero attached hydrogens (tertiary/aromatic N) is 2. The van der Waals surface area contributed by atoms with Crippen LogP contribution in [0.15, 0.2) is 43.5 Å². The summed E-state index contributed by atoms with van der Waals surface area (Å²) in [6.07, 6.45) is 0. The monoisotopic (exact) mass is 298 g/mol. The van der Waals surface area contributed by atoms with Crippen molar-refractivity contribution in [3.05, 3.63) is 40.4 Å². The van der Waals surface area contributed by atoms with E-state index in [1.165, 1.54) is 31.3 Å². The first kappa shape index (κ1) is 14.0. The van der Waals surface area contributed by atoms with Crippen molar-refractivity contribution in [3.63, 3.8) is 0 Å². The Morgan fingerprint density at radius 1 is 1.40 bits per heavy atom. The SMILES string of the molecule is C[n+]1[nH]oc(=O)c1C([O-])=Nc1ccc(S(N)(=O)=O)cc1. The van der Waals surface area contributed by atoms with E-state index in [2.05, 4.69) is 14.8 Å². The first-order valence-corrected chi connectivity index (χ1v) is 6.80. The molecule has 0 fully saturated rings. The fourth-order valence-electron chi connectivity index (χ4n) is 1.45. The smallest absolute Gasteiger partial charge is 0.435 e. The van der Waals surface area contributed by atoms with E-state index in [1.807, 2.05) is 0 Å². The van der Waals surface area contributed by atoms with Gasteiger partial charge >= 0.3 is 11.3 Å². The highest BCUT2D eigenvalue weighted by Crippen LogP contribution is 2.15. The molecule has 0 amide bonds. The Kier molecular flexibility index (Phi) is 3.42. The predicted octanol–water partition coefficient (Wildman–Crippen LogP) is -2.12. The van der Waals surface area contributed by atoms with E-state index in [-0.39, 0.29) is 16.3 Å². The number of nitrogens with one attached hydrogen (secondary N) is 1. The summed E-state index contributed by atoms with van der Waals surface area (Å²) in [5, 5.41) is 18.9. The Morgan fingerprint density at radius 2 is 2.00 bits per heavy atom. The van der Waals surface area contributed by atoms with Gasteiger partial charge in [-0.3, -0.25) is 9.52 Å². The number of benzene rings is 1. The van der Waals surface area contributed by atoms with Gasteiger partial charge in [0.05, 0.1) is 16.5 Å². The van der Waals surface area contributed by atoms with Crippen LogP contribution in [-0.4, -0.2) is 19.6 Å². The maximum atomic E-state index is 11.8. The Morgan fingerprint density at radius 3 is 2.45 bits per heavy atom. The summed E-state index contributed by atoms with van der Waals surface area (Å²) in [4.78, 5) is 14.8. The number of sulfonamides is 1. The molecule has 0 spiro atoms. The number of H-pyrrole nitrogens is 1. The van der Waals surface area contributed by atoms with Crippen LogP contribution < -0.4 is 20.6 Å². The summed E-state index contributed by atoms with van der Waals surface area (Å²) in [6.45, 7) is 0. The third-order valence-corrected chi connectivity index (χ3v) is 3.33. The van der Waals surface area contributed by atoms with E-state index in [4.69, 9.17) is 5.14 Å². The second kappa shape index (κ2) is 4.90. The van der Waals surface area contributed by atoms with Crippen LogP contribution in [0, 0.1) is 0 Å². The van der Waals surface area contributed by atoms with E-state index in [0.717, 1.165) is 4.68 Å². The summed E-state index contributed by atoms with van der Waals surface area (Å²) in [7, 11) is -2.39. The lowest BCUT2D eigenvalue weighted by molar-refractivity contribution is -0.742. The predicted molar refractivity (Wildman–Crippen MR) is 64.5 cm³/mol. The number of primary sulfonamides is 1. The average Bonchev–Trinajstić information content (AvgIpc) is 2.68. The van der Waals surface area contributed by atoms with Gasteiger partial charge < -0.3 is 5.11 Å². The van der Waals surface area contributed by atoms with Gasteiger partial charge in [0.1, 0.15) is 0 Å². The van der Waals surface area contributed by atoms with Crippen molar-refractivity contribution >= 4 is 21.6 Å². The molecule has 10 heteroatoms. The number of aliphatic imine (C=N–C) groups is 1. The molecule has 0 bridgehead atoms. The number of aromatic amines is 1. The molecule has 1 aromatic carbocycles. The Bertz CT molecular complexity index is 816. The van der Waals surface area contributed by atoms with Gasteiger partial charge in [-0.15, -0.1) is 0 Å². The molecule has 9 nitrogen and oxygen atoms in total. The van der Waals surface area contributed by atoms with Crippen molar-refractivity contribution in [2.24, 2.45) is 17.2 Å². The maximum absolute atomic E-state index is 11.8. The van der Waals surface area contributed by atoms with Gasteiger partial charge in [0.15, 0.2) is 7.05 Å². The second-order valence-electron chi connectivity index (χ2n) is 3.84. The maximum Gasteiger partial charge on any atom is 0.435 e. The number of aryl methyl sites for hydroxylation is 1. The third kappa shape index (κ3) is 2.75. The van der Waals surface area contributed by atoms with E-state index >= 15 is 0 Å². The van der Waals surface area contributed by atoms with Crippen LogP contribution in [0.1, 0.15) is 5.69 Å². The topological polar surface area (TPSA) is 145 Å². The molecule has 0 aliphatic heterocycles. The fraction of sp³-hybridized carbons (Fsp3) is 0.100. The van der Waals surface area contributed by atoms with Crippen molar-refractivity contribution in [2.75, 3.05) is 0 Å². The van der Waals surface area contributed by atoms with Gasteiger partial charge in [0, 0.05) is 0 Å². The summed E-state index contributed by atoms with van der Waals surface area (Å²) in [5.41, 5.74) is -0.939. The van der Waals surface area contributed by atoms with Crippen LogP contribution in [0.25, 0.3) is 0 Å². The highest BCUT2D eigenvalue weighted by molar-refractivity contribution is 7.89. The number of hydrogen-bond donors (Lipinski definition) is 2. The highest BCUT2D eigenvalue weighted by Gasteiger charge is 2.17. The second-order valence-corrected chi connectivity index (χ2v) is 5.41. The van der Waals surface area contributed by atoms with Gasteiger partial charge in [-0.1, -0.05) is 4.68 Å². The van der Waals surface area contributed by atoms with E-state index in [0.29, 0.717) is 0 Å². The summed E-state index contributed by atoms with van der Waals surface area (Å²) >= 11 is 0. The van der Waals surface area contributed by atoms with Crippen molar-refractivity contribution < 1.29 is 22.7 Å². The standard InChI is InChI=1S/C10H10N4O5S/c1-14-8(10(16)19-13-14)9(15)12-6-2-4-7(5-3-6)20(11,17)18/h2-5H,1H3,(H3-,11,12,13,15,16,17,18). The van der Waals surface area contributed by atoms with Crippen molar-refractivity contribution in [2.45, 2.75) is 4.90 Å². The van der Waals surface area contributed by atoms with E-state index < -0.39 is 21.5 Å². The zero-order valence-electron chi connectivity index (χ0n) is 10.2. The minimum Gasteiger partial charge on any atom is -0.854 e. The lowest BCUT2D eigenvalue weighted by atomic mass is 10.3. The number of hydrogen-bond acceptors (Lipinski definition) is 6. The largest absolute Gasteiger partial charge is 0.854 e. The first-order chi connectivity index (χ1) is 9.29. The molecule has 0 saturated carbocycles. The molecule has 1 aromatic heterocycles. The first-order valence-electron chi connectivity index (χ1n) is 5.25. The molecule has 0 radical (unpaired) electrons. The zero-order chi connectivity index (χ0) is 14.9. The molecule has 0 atom stereocenters. The van der Waals surface area contributed by atoms with Gasteiger partial charge in [-0.2, -0.15) is 0 Å². The molecule has 0 unspecified atom stereocenters. The lowest BCUT2D eigenvalue weighted by Crippen LogP contribution is -2.43. The van der Waals surface area contributed by atoms with Gasteiger partial charge in [-0.25, -0.2) is 18.4 Å². The molecular formula is C10H10N4O5S. The van der Waals surface area contributed by atoms with E-state index in [9.17, 15) is 18.3 Å². The van der Waals surface area contributed by atoms with Crippen LogP contribution >= 0.6 is 0 Å². The van der Waals surface area contributed by atoms with E-state index in [1.54, 1.807) is 0 Å². The highest BCUT2D eigenvalue weighted by atomic mass is 32.2. The zero-order valence-corrected chi connectivity index (χ0v) is 11.0. The Labute approximate surface area is 113 Å². The van der Waals surface area contributed by atoms with Crippen LogP contribution in [0.5, 0.6) is 0 Å². The summed E-state index contributed by atoms with van der Waals surface area (Å²) in [6, 6.07) is 5.01. The quantitative estimate of drug-likeness (QED) is 0.378. The molecule has 2 aromatic rings. The normalized spacial score (nSPS) is 12.6. The molecule has 0 aliphatic carbocycles. The van der Waals surface area contributed by atoms with Gasteiger partial charge in [-0.05, 0) is 29.5 Å². The van der Waals surface area contributed by atoms with Crippen LogP contribution in [0.2, 0.25) is 0 Å². The van der Waals surface area contributed by atoms with Crippen LogP contribution in [0.3, 0.4) is 0 Å². The summed E-state index contributed by atoms with van der Waals surface area (Å²) in [5.74, 6) is -0.814. The minimum absolute atomic E-state index is 0.101. The molecule has 1 heterocycles.